The summed E-state index contributed by atoms with van der Waals surface area (Å²) < 4.78 is 7.26. The highest BCUT2D eigenvalue weighted by atomic mass is 16.5. The first-order valence-electron chi connectivity index (χ1n) is 10.4. The van der Waals surface area contributed by atoms with Gasteiger partial charge in [0.15, 0.2) is 0 Å². The van der Waals surface area contributed by atoms with Crippen LogP contribution in [0.1, 0.15) is 33.1 Å². The summed E-state index contributed by atoms with van der Waals surface area (Å²) in [5, 5.41) is 7.59. The van der Waals surface area contributed by atoms with Gasteiger partial charge in [0.1, 0.15) is 0 Å². The van der Waals surface area contributed by atoms with Crippen LogP contribution in [0.3, 0.4) is 0 Å². The molecular formula is C24H28N4O2. The predicted molar refractivity (Wildman–Crippen MR) is 116 cm³/mol. The van der Waals surface area contributed by atoms with Crippen LogP contribution in [0.15, 0.2) is 67.0 Å². The molecule has 1 unspecified atom stereocenters. The van der Waals surface area contributed by atoms with E-state index >= 15 is 0 Å². The molecule has 1 amide bonds. The van der Waals surface area contributed by atoms with Gasteiger partial charge in [0.2, 0.25) is 0 Å². The van der Waals surface area contributed by atoms with Gasteiger partial charge in [-0.2, -0.15) is 5.10 Å². The summed E-state index contributed by atoms with van der Waals surface area (Å²) in [5.74, 6) is -0.104. The zero-order valence-electron chi connectivity index (χ0n) is 17.3. The largest absolute Gasteiger partial charge is 0.379 e. The molecule has 1 atom stereocenters. The maximum Gasteiger partial charge on any atom is 0.254 e. The van der Waals surface area contributed by atoms with Gasteiger partial charge in [-0.1, -0.05) is 60.2 Å². The standard InChI is InChI=1S/C24H28N4O2/c1-19-7-9-21(10-8-19)23(18-27-11-13-30-14-12-27)26-24(29)22-15-25-28(17-22)16-20-5-3-2-4-6-20/h2-10,15,17,23H,11-14,16,18H2,1H3,(H,26,29). The molecule has 1 fully saturated rings. The van der Waals surface area contributed by atoms with Crippen LogP contribution in [0.25, 0.3) is 0 Å². The topological polar surface area (TPSA) is 59.4 Å². The number of morpholine rings is 1. The quantitative estimate of drug-likeness (QED) is 0.658. The van der Waals surface area contributed by atoms with E-state index in [1.54, 1.807) is 10.9 Å². The Hall–Kier alpha value is -2.96. The number of nitrogens with zero attached hydrogens (tertiary/aromatic N) is 3. The van der Waals surface area contributed by atoms with Gasteiger partial charge in [-0.15, -0.1) is 0 Å². The number of carbonyl (C=O) groups excluding carboxylic acids is 1. The summed E-state index contributed by atoms with van der Waals surface area (Å²) in [6.07, 6.45) is 3.45. The van der Waals surface area contributed by atoms with Crippen LogP contribution in [0.4, 0.5) is 0 Å². The number of aromatic nitrogens is 2. The lowest BCUT2D eigenvalue weighted by Gasteiger charge is -2.31. The number of aryl methyl sites for hydroxylation is 1. The minimum atomic E-state index is -0.104. The van der Waals surface area contributed by atoms with Crippen LogP contribution in [0.2, 0.25) is 0 Å². The van der Waals surface area contributed by atoms with Crippen LogP contribution in [0, 0.1) is 6.92 Å². The number of ether oxygens (including phenoxy) is 1. The van der Waals surface area contributed by atoms with Crippen molar-refractivity contribution in [2.45, 2.75) is 19.5 Å². The van der Waals surface area contributed by atoms with Crippen molar-refractivity contribution in [3.05, 3.63) is 89.2 Å². The molecule has 3 aromatic rings. The first-order valence-corrected chi connectivity index (χ1v) is 10.4. The second kappa shape index (κ2) is 9.69. The molecule has 1 saturated heterocycles. The molecule has 0 spiro atoms. The van der Waals surface area contributed by atoms with E-state index in [1.807, 2.05) is 24.4 Å². The summed E-state index contributed by atoms with van der Waals surface area (Å²) in [6.45, 7) is 6.71. The number of hydrogen-bond acceptors (Lipinski definition) is 4. The van der Waals surface area contributed by atoms with Crippen molar-refractivity contribution in [3.63, 3.8) is 0 Å². The number of amides is 1. The van der Waals surface area contributed by atoms with Crippen molar-refractivity contribution in [1.82, 2.24) is 20.0 Å². The van der Waals surface area contributed by atoms with Crippen molar-refractivity contribution in [3.8, 4) is 0 Å². The Kier molecular flexibility index (Phi) is 6.57. The third-order valence-corrected chi connectivity index (χ3v) is 5.41. The molecule has 0 aliphatic carbocycles. The second-order valence-corrected chi connectivity index (χ2v) is 7.76. The molecule has 1 aliphatic heterocycles. The average Bonchev–Trinajstić information content (AvgIpc) is 3.24. The van der Waals surface area contributed by atoms with Crippen LogP contribution < -0.4 is 5.32 Å². The van der Waals surface area contributed by atoms with E-state index < -0.39 is 0 Å². The SMILES string of the molecule is Cc1ccc(C(CN2CCOCC2)NC(=O)c2cnn(Cc3ccccc3)c2)cc1. The second-order valence-electron chi connectivity index (χ2n) is 7.76. The molecular weight excluding hydrogens is 376 g/mol. The average molecular weight is 405 g/mol. The molecule has 0 bridgehead atoms. The highest BCUT2D eigenvalue weighted by molar-refractivity contribution is 5.94. The zero-order valence-corrected chi connectivity index (χ0v) is 17.3. The summed E-state index contributed by atoms with van der Waals surface area (Å²) in [5.41, 5.74) is 4.04. The fourth-order valence-electron chi connectivity index (χ4n) is 3.65. The molecule has 0 saturated carbocycles. The molecule has 1 aliphatic rings. The lowest BCUT2D eigenvalue weighted by atomic mass is 10.0. The maximum absolute atomic E-state index is 13.0. The summed E-state index contributed by atoms with van der Waals surface area (Å²) in [7, 11) is 0. The third-order valence-electron chi connectivity index (χ3n) is 5.41. The molecule has 30 heavy (non-hydrogen) atoms. The van der Waals surface area contributed by atoms with Crippen molar-refractivity contribution < 1.29 is 9.53 Å². The van der Waals surface area contributed by atoms with Gasteiger partial charge in [-0.25, -0.2) is 0 Å². The highest BCUT2D eigenvalue weighted by Crippen LogP contribution is 2.17. The molecule has 156 valence electrons. The first-order chi connectivity index (χ1) is 14.7. The van der Waals surface area contributed by atoms with E-state index in [0.717, 1.165) is 44.0 Å². The van der Waals surface area contributed by atoms with Gasteiger partial charge in [-0.3, -0.25) is 14.4 Å². The molecule has 2 heterocycles. The fourth-order valence-corrected chi connectivity index (χ4v) is 3.65. The molecule has 6 nitrogen and oxygen atoms in total. The summed E-state index contributed by atoms with van der Waals surface area (Å²) in [6, 6.07) is 18.4. The Labute approximate surface area is 177 Å². The van der Waals surface area contributed by atoms with Crippen LogP contribution >= 0.6 is 0 Å². The van der Waals surface area contributed by atoms with Crippen molar-refractivity contribution in [2.75, 3.05) is 32.8 Å². The monoisotopic (exact) mass is 404 g/mol. The molecule has 2 aromatic carbocycles. The number of nitrogens with one attached hydrogen (secondary N) is 1. The number of benzene rings is 2. The van der Waals surface area contributed by atoms with E-state index in [2.05, 4.69) is 58.6 Å². The van der Waals surface area contributed by atoms with E-state index in [1.165, 1.54) is 5.56 Å². The van der Waals surface area contributed by atoms with Gasteiger partial charge < -0.3 is 10.1 Å². The Morgan fingerprint density at radius 2 is 1.83 bits per heavy atom. The van der Waals surface area contributed by atoms with Gasteiger partial charge in [0.25, 0.3) is 5.91 Å². The molecule has 6 heteroatoms. The normalized spacial score (nSPS) is 15.6. The lowest BCUT2D eigenvalue weighted by Crippen LogP contribution is -2.43. The smallest absolute Gasteiger partial charge is 0.254 e. The number of carbonyl (C=O) groups is 1. The zero-order chi connectivity index (χ0) is 20.8. The summed E-state index contributed by atoms with van der Waals surface area (Å²) >= 11 is 0. The van der Waals surface area contributed by atoms with Gasteiger partial charge in [0.05, 0.1) is 37.6 Å². The van der Waals surface area contributed by atoms with Gasteiger partial charge in [0, 0.05) is 25.8 Å². The minimum Gasteiger partial charge on any atom is -0.379 e. The Morgan fingerprint density at radius 1 is 1.10 bits per heavy atom. The Morgan fingerprint density at radius 3 is 2.57 bits per heavy atom. The van der Waals surface area contributed by atoms with E-state index in [-0.39, 0.29) is 11.9 Å². The Balaban J connectivity index is 1.46. The van der Waals surface area contributed by atoms with E-state index in [0.29, 0.717) is 12.1 Å². The highest BCUT2D eigenvalue weighted by Gasteiger charge is 2.21. The minimum absolute atomic E-state index is 0.0892. The molecule has 1 aromatic heterocycles. The molecule has 4 rings (SSSR count). The van der Waals surface area contributed by atoms with Crippen LogP contribution in [-0.4, -0.2) is 53.4 Å². The fraction of sp³-hybridized carbons (Fsp3) is 0.333. The van der Waals surface area contributed by atoms with Gasteiger partial charge >= 0.3 is 0 Å². The van der Waals surface area contributed by atoms with E-state index in [9.17, 15) is 4.79 Å². The van der Waals surface area contributed by atoms with Crippen molar-refractivity contribution in [2.24, 2.45) is 0 Å². The molecule has 1 N–H and O–H groups in total. The first kappa shape index (κ1) is 20.3. The number of hydrogen-bond donors (Lipinski definition) is 1. The lowest BCUT2D eigenvalue weighted by molar-refractivity contribution is 0.0332. The number of rotatable bonds is 7. The van der Waals surface area contributed by atoms with Crippen molar-refractivity contribution in [1.29, 1.82) is 0 Å². The third kappa shape index (κ3) is 5.34. The van der Waals surface area contributed by atoms with E-state index in [4.69, 9.17) is 4.74 Å². The van der Waals surface area contributed by atoms with Crippen LogP contribution in [-0.2, 0) is 11.3 Å². The maximum atomic E-state index is 13.0. The summed E-state index contributed by atoms with van der Waals surface area (Å²) in [4.78, 5) is 15.3. The Bertz CT molecular complexity index is 947. The predicted octanol–water partition coefficient (Wildman–Crippen LogP) is 3.04. The molecule has 0 radical (unpaired) electrons. The van der Waals surface area contributed by atoms with Crippen molar-refractivity contribution >= 4 is 5.91 Å². The van der Waals surface area contributed by atoms with Crippen LogP contribution in [0.5, 0.6) is 0 Å². The van der Waals surface area contributed by atoms with Gasteiger partial charge in [-0.05, 0) is 18.1 Å².